The molecule has 0 aromatic heterocycles. The molecule has 0 aliphatic heterocycles. The fourth-order valence-corrected chi connectivity index (χ4v) is 1.60. The summed E-state index contributed by atoms with van der Waals surface area (Å²) in [5, 5.41) is 0. The molecular formula is C10H10N2O. The highest BCUT2D eigenvalue weighted by Crippen LogP contribution is 2.31. The molecule has 0 unspecified atom stereocenters. The molecule has 0 saturated heterocycles. The zero-order chi connectivity index (χ0) is 9.42. The van der Waals surface area contributed by atoms with Crippen LogP contribution in [-0.2, 0) is 0 Å². The molecule has 0 amide bonds. The van der Waals surface area contributed by atoms with Crippen LogP contribution in [0.2, 0.25) is 0 Å². The maximum absolute atomic E-state index is 11.4. The Balaban J connectivity index is 2.67. The number of carbonyl (C=O) groups is 1. The van der Waals surface area contributed by atoms with Gasteiger partial charge in [-0.2, -0.15) is 0 Å². The van der Waals surface area contributed by atoms with Gasteiger partial charge < -0.3 is 11.5 Å². The van der Waals surface area contributed by atoms with Crippen LogP contribution in [0.25, 0.3) is 5.57 Å². The Morgan fingerprint density at radius 1 is 1.15 bits per heavy atom. The summed E-state index contributed by atoms with van der Waals surface area (Å²) >= 11 is 0. The van der Waals surface area contributed by atoms with Gasteiger partial charge in [-0.1, -0.05) is 24.3 Å². The topological polar surface area (TPSA) is 69.1 Å². The second-order valence-corrected chi connectivity index (χ2v) is 3.08. The summed E-state index contributed by atoms with van der Waals surface area (Å²) in [7, 11) is 0. The standard InChI is InChI=1S/C10H10N2O/c11-10(12)8-5-9(13)7-4-2-1-3-6(7)8/h1-4H,5,11-12H2. The van der Waals surface area contributed by atoms with Crippen molar-refractivity contribution >= 4 is 11.4 Å². The van der Waals surface area contributed by atoms with Crippen LogP contribution in [0.3, 0.4) is 0 Å². The first-order valence-corrected chi connectivity index (χ1v) is 4.07. The van der Waals surface area contributed by atoms with E-state index in [-0.39, 0.29) is 11.6 Å². The van der Waals surface area contributed by atoms with Crippen molar-refractivity contribution < 1.29 is 4.79 Å². The van der Waals surface area contributed by atoms with Crippen LogP contribution in [0.4, 0.5) is 0 Å². The first kappa shape index (κ1) is 7.86. The quantitative estimate of drug-likeness (QED) is 0.612. The maximum atomic E-state index is 11.4. The summed E-state index contributed by atoms with van der Waals surface area (Å²) in [5.41, 5.74) is 13.3. The highest BCUT2D eigenvalue weighted by molar-refractivity contribution is 6.12. The van der Waals surface area contributed by atoms with Crippen molar-refractivity contribution in [2.24, 2.45) is 11.5 Å². The largest absolute Gasteiger partial charge is 0.385 e. The molecule has 0 spiro atoms. The zero-order valence-corrected chi connectivity index (χ0v) is 7.08. The normalized spacial score (nSPS) is 14.5. The lowest BCUT2D eigenvalue weighted by atomic mass is 10.1. The van der Waals surface area contributed by atoms with Crippen molar-refractivity contribution in [3.8, 4) is 0 Å². The smallest absolute Gasteiger partial charge is 0.168 e. The van der Waals surface area contributed by atoms with Crippen molar-refractivity contribution in [3.05, 3.63) is 41.2 Å². The van der Waals surface area contributed by atoms with Gasteiger partial charge in [0.15, 0.2) is 5.78 Å². The Hall–Kier alpha value is -1.77. The molecule has 3 nitrogen and oxygen atoms in total. The van der Waals surface area contributed by atoms with Gasteiger partial charge in [0.2, 0.25) is 0 Å². The third-order valence-corrected chi connectivity index (χ3v) is 2.24. The molecule has 1 aromatic rings. The molecular weight excluding hydrogens is 164 g/mol. The van der Waals surface area contributed by atoms with Gasteiger partial charge in [-0.15, -0.1) is 0 Å². The predicted molar refractivity (Wildman–Crippen MR) is 50.7 cm³/mol. The summed E-state index contributed by atoms with van der Waals surface area (Å²) in [5.74, 6) is 0.345. The van der Waals surface area contributed by atoms with Crippen LogP contribution in [0.5, 0.6) is 0 Å². The molecule has 0 heterocycles. The van der Waals surface area contributed by atoms with E-state index in [0.717, 1.165) is 16.7 Å². The van der Waals surface area contributed by atoms with Gasteiger partial charge in [-0.05, 0) is 5.56 Å². The van der Waals surface area contributed by atoms with Crippen LogP contribution in [0, 0.1) is 0 Å². The zero-order valence-electron chi connectivity index (χ0n) is 7.08. The first-order chi connectivity index (χ1) is 6.20. The molecule has 1 aliphatic rings. The van der Waals surface area contributed by atoms with Gasteiger partial charge in [-0.3, -0.25) is 4.79 Å². The van der Waals surface area contributed by atoms with Crippen molar-refractivity contribution in [2.45, 2.75) is 6.42 Å². The number of hydrogen-bond acceptors (Lipinski definition) is 3. The number of fused-ring (bicyclic) bond motifs is 1. The van der Waals surface area contributed by atoms with E-state index in [1.807, 2.05) is 18.2 Å². The predicted octanol–water partition coefficient (Wildman–Crippen LogP) is 0.859. The number of ketones is 1. The van der Waals surface area contributed by atoms with Gasteiger partial charge in [0, 0.05) is 17.6 Å². The van der Waals surface area contributed by atoms with Gasteiger partial charge in [0.1, 0.15) is 0 Å². The average Bonchev–Trinajstić information content (AvgIpc) is 2.45. The Kier molecular flexibility index (Phi) is 1.59. The molecule has 13 heavy (non-hydrogen) atoms. The molecule has 3 heteroatoms. The lowest BCUT2D eigenvalue weighted by molar-refractivity contribution is 0.100. The lowest BCUT2D eigenvalue weighted by Crippen LogP contribution is -2.10. The highest BCUT2D eigenvalue weighted by Gasteiger charge is 2.24. The molecule has 0 atom stereocenters. The van der Waals surface area contributed by atoms with E-state index in [1.165, 1.54) is 0 Å². The van der Waals surface area contributed by atoms with E-state index < -0.39 is 0 Å². The molecule has 1 aromatic carbocycles. The number of rotatable bonds is 0. The van der Waals surface area contributed by atoms with E-state index in [9.17, 15) is 4.79 Å². The summed E-state index contributed by atoms with van der Waals surface area (Å²) in [6.07, 6.45) is 0.335. The number of carbonyl (C=O) groups excluding carboxylic acids is 1. The Morgan fingerprint density at radius 2 is 1.77 bits per heavy atom. The minimum atomic E-state index is 0.0963. The minimum Gasteiger partial charge on any atom is -0.385 e. The highest BCUT2D eigenvalue weighted by atomic mass is 16.1. The fourth-order valence-electron chi connectivity index (χ4n) is 1.60. The van der Waals surface area contributed by atoms with Crippen LogP contribution >= 0.6 is 0 Å². The van der Waals surface area contributed by atoms with Crippen molar-refractivity contribution in [3.63, 3.8) is 0 Å². The minimum absolute atomic E-state index is 0.0963. The molecule has 2 rings (SSSR count). The summed E-state index contributed by atoms with van der Waals surface area (Å²) in [4.78, 5) is 11.4. The number of Topliss-reactive ketones (excluding diaryl/α,β-unsaturated/α-hetero) is 1. The van der Waals surface area contributed by atoms with Crippen molar-refractivity contribution in [2.75, 3.05) is 0 Å². The van der Waals surface area contributed by atoms with Crippen molar-refractivity contribution in [1.29, 1.82) is 0 Å². The van der Waals surface area contributed by atoms with Crippen LogP contribution in [0.1, 0.15) is 22.3 Å². The summed E-state index contributed by atoms with van der Waals surface area (Å²) in [6.45, 7) is 0. The van der Waals surface area contributed by atoms with Crippen LogP contribution in [-0.4, -0.2) is 5.78 Å². The fraction of sp³-hybridized carbons (Fsp3) is 0.100. The first-order valence-electron chi connectivity index (χ1n) is 4.07. The van der Waals surface area contributed by atoms with Crippen LogP contribution < -0.4 is 11.5 Å². The molecule has 0 fully saturated rings. The number of benzene rings is 1. The number of nitrogens with two attached hydrogens (primary N) is 2. The van der Waals surface area contributed by atoms with Gasteiger partial charge >= 0.3 is 0 Å². The molecule has 0 radical (unpaired) electrons. The van der Waals surface area contributed by atoms with Gasteiger partial charge in [0.05, 0.1) is 5.82 Å². The van der Waals surface area contributed by atoms with Gasteiger partial charge in [-0.25, -0.2) is 0 Å². The SMILES string of the molecule is NC(N)=C1CC(=O)c2ccccc21. The maximum Gasteiger partial charge on any atom is 0.168 e. The molecule has 4 N–H and O–H groups in total. The third-order valence-electron chi connectivity index (χ3n) is 2.24. The Labute approximate surface area is 76.0 Å². The Morgan fingerprint density at radius 3 is 2.38 bits per heavy atom. The van der Waals surface area contributed by atoms with Crippen molar-refractivity contribution in [1.82, 2.24) is 0 Å². The lowest BCUT2D eigenvalue weighted by Gasteiger charge is -2.00. The summed E-state index contributed by atoms with van der Waals surface area (Å²) < 4.78 is 0. The molecule has 1 aliphatic carbocycles. The number of allylic oxidation sites excluding steroid dienone is 1. The number of hydrogen-bond donors (Lipinski definition) is 2. The van der Waals surface area contributed by atoms with E-state index in [4.69, 9.17) is 11.5 Å². The average molecular weight is 174 g/mol. The molecule has 0 bridgehead atoms. The molecule has 66 valence electrons. The monoisotopic (exact) mass is 174 g/mol. The van der Waals surface area contributed by atoms with Gasteiger partial charge in [0.25, 0.3) is 0 Å². The van der Waals surface area contributed by atoms with E-state index in [1.54, 1.807) is 6.07 Å². The second-order valence-electron chi connectivity index (χ2n) is 3.08. The van der Waals surface area contributed by atoms with E-state index >= 15 is 0 Å². The summed E-state index contributed by atoms with van der Waals surface area (Å²) in [6, 6.07) is 7.38. The third kappa shape index (κ3) is 1.09. The molecule has 0 saturated carbocycles. The van der Waals surface area contributed by atoms with E-state index in [2.05, 4.69) is 0 Å². The Bertz CT molecular complexity index is 403. The van der Waals surface area contributed by atoms with Crippen LogP contribution in [0.15, 0.2) is 30.1 Å². The van der Waals surface area contributed by atoms with E-state index in [0.29, 0.717) is 6.42 Å². The second kappa shape index (κ2) is 2.62.